The smallest absolute Gasteiger partial charge is 0.207 e. The Kier molecular flexibility index (Phi) is 2.17. The van der Waals surface area contributed by atoms with Crippen molar-refractivity contribution in [1.82, 2.24) is 0 Å². The van der Waals surface area contributed by atoms with Crippen molar-refractivity contribution >= 4 is 0 Å². The summed E-state index contributed by atoms with van der Waals surface area (Å²) in [5.41, 5.74) is -0.813. The molecule has 0 aromatic rings. The minimum atomic E-state index is -2.54. The Morgan fingerprint density at radius 2 is 1.64 bits per heavy atom. The maximum Gasteiger partial charge on any atom is 0.250 e. The van der Waals surface area contributed by atoms with Crippen LogP contribution < -0.4 is 0 Å². The van der Waals surface area contributed by atoms with Crippen LogP contribution in [0.4, 0.5) is 8.78 Å². The van der Waals surface area contributed by atoms with Gasteiger partial charge in [0, 0.05) is 5.41 Å². The van der Waals surface area contributed by atoms with Crippen LogP contribution in [-0.4, -0.2) is 5.92 Å². The summed E-state index contributed by atoms with van der Waals surface area (Å²) < 4.78 is 27.0. The first-order chi connectivity index (χ1) is 6.32. The Labute approximate surface area is 85.1 Å². The van der Waals surface area contributed by atoms with Gasteiger partial charge in [-0.05, 0) is 43.9 Å². The van der Waals surface area contributed by atoms with E-state index in [0.717, 1.165) is 19.3 Å². The summed E-state index contributed by atoms with van der Waals surface area (Å²) >= 11 is 0. The second-order valence-corrected chi connectivity index (χ2v) is 5.89. The predicted molar refractivity (Wildman–Crippen MR) is 53.3 cm³/mol. The van der Waals surface area contributed by atoms with E-state index >= 15 is 0 Å². The quantitative estimate of drug-likeness (QED) is 0.632. The second-order valence-electron chi connectivity index (χ2n) is 5.89. The Bertz CT molecular complexity index is 227. The van der Waals surface area contributed by atoms with Gasteiger partial charge in [0.1, 0.15) is 0 Å². The van der Waals surface area contributed by atoms with Crippen molar-refractivity contribution in [3.8, 4) is 0 Å². The SMILES string of the molecule is CC(F)(F)C(C)(C)C1CC2CCC1C2. The molecular weight excluding hydrogens is 182 g/mol. The number of rotatable bonds is 2. The Hall–Kier alpha value is -0.140. The first-order valence-corrected chi connectivity index (χ1v) is 5.70. The van der Waals surface area contributed by atoms with Gasteiger partial charge in [-0.2, -0.15) is 0 Å². The lowest BCUT2D eigenvalue weighted by Gasteiger charge is -2.41. The predicted octanol–water partition coefficient (Wildman–Crippen LogP) is 4.10. The molecule has 82 valence electrons. The second kappa shape index (κ2) is 2.93. The fraction of sp³-hybridized carbons (Fsp3) is 1.00. The molecule has 2 aliphatic rings. The molecule has 0 heterocycles. The van der Waals surface area contributed by atoms with Crippen molar-refractivity contribution in [3.63, 3.8) is 0 Å². The highest BCUT2D eigenvalue weighted by Crippen LogP contribution is 2.58. The zero-order chi connectivity index (χ0) is 10.6. The topological polar surface area (TPSA) is 0 Å². The monoisotopic (exact) mass is 202 g/mol. The first kappa shape index (κ1) is 10.4. The van der Waals surface area contributed by atoms with Crippen molar-refractivity contribution < 1.29 is 8.78 Å². The molecule has 0 radical (unpaired) electrons. The third kappa shape index (κ3) is 1.38. The number of alkyl halides is 2. The van der Waals surface area contributed by atoms with Crippen LogP contribution in [0, 0.1) is 23.2 Å². The molecular formula is C12H20F2. The van der Waals surface area contributed by atoms with E-state index in [1.807, 2.05) is 0 Å². The van der Waals surface area contributed by atoms with Crippen molar-refractivity contribution in [1.29, 1.82) is 0 Å². The average molecular weight is 202 g/mol. The van der Waals surface area contributed by atoms with Crippen LogP contribution in [0.3, 0.4) is 0 Å². The molecule has 2 saturated carbocycles. The van der Waals surface area contributed by atoms with Gasteiger partial charge in [0.15, 0.2) is 0 Å². The normalized spacial score (nSPS) is 37.9. The maximum atomic E-state index is 13.5. The highest BCUT2D eigenvalue weighted by atomic mass is 19.3. The molecule has 0 aromatic heterocycles. The maximum absolute atomic E-state index is 13.5. The molecule has 2 bridgehead atoms. The molecule has 2 fully saturated rings. The van der Waals surface area contributed by atoms with Gasteiger partial charge in [0.25, 0.3) is 5.92 Å². The first-order valence-electron chi connectivity index (χ1n) is 5.70. The van der Waals surface area contributed by atoms with Crippen LogP contribution >= 0.6 is 0 Å². The summed E-state index contributed by atoms with van der Waals surface area (Å²) in [6, 6.07) is 0. The average Bonchev–Trinajstić information content (AvgIpc) is 2.61. The molecule has 0 aliphatic heterocycles. The lowest BCUT2D eigenvalue weighted by atomic mass is 9.67. The molecule has 14 heavy (non-hydrogen) atoms. The van der Waals surface area contributed by atoms with Crippen LogP contribution in [0.25, 0.3) is 0 Å². The lowest BCUT2D eigenvalue weighted by molar-refractivity contribution is -0.127. The van der Waals surface area contributed by atoms with Gasteiger partial charge >= 0.3 is 0 Å². The molecule has 2 heteroatoms. The van der Waals surface area contributed by atoms with E-state index in [9.17, 15) is 8.78 Å². The van der Waals surface area contributed by atoms with Crippen LogP contribution in [0.2, 0.25) is 0 Å². The van der Waals surface area contributed by atoms with E-state index in [2.05, 4.69) is 0 Å². The molecule has 2 aliphatic carbocycles. The molecule has 3 unspecified atom stereocenters. The van der Waals surface area contributed by atoms with Gasteiger partial charge in [-0.1, -0.05) is 20.3 Å². The summed E-state index contributed by atoms with van der Waals surface area (Å²) in [6.07, 6.45) is 4.73. The minimum absolute atomic E-state index is 0.251. The largest absolute Gasteiger partial charge is 0.250 e. The van der Waals surface area contributed by atoms with E-state index in [1.54, 1.807) is 13.8 Å². The Balaban J connectivity index is 2.16. The van der Waals surface area contributed by atoms with Crippen LogP contribution in [0.1, 0.15) is 46.5 Å². The van der Waals surface area contributed by atoms with E-state index in [4.69, 9.17) is 0 Å². The van der Waals surface area contributed by atoms with E-state index in [-0.39, 0.29) is 5.92 Å². The van der Waals surface area contributed by atoms with Crippen molar-refractivity contribution in [2.24, 2.45) is 23.2 Å². The van der Waals surface area contributed by atoms with Gasteiger partial charge in [-0.3, -0.25) is 0 Å². The summed E-state index contributed by atoms with van der Waals surface area (Å²) in [6.45, 7) is 4.58. The molecule has 0 amide bonds. The summed E-state index contributed by atoms with van der Waals surface area (Å²) in [5, 5.41) is 0. The van der Waals surface area contributed by atoms with Gasteiger partial charge in [-0.25, -0.2) is 8.78 Å². The van der Waals surface area contributed by atoms with E-state index < -0.39 is 11.3 Å². The molecule has 0 saturated heterocycles. The molecule has 3 atom stereocenters. The van der Waals surface area contributed by atoms with Crippen molar-refractivity contribution in [3.05, 3.63) is 0 Å². The number of fused-ring (bicyclic) bond motifs is 2. The fourth-order valence-corrected chi connectivity index (χ4v) is 3.45. The van der Waals surface area contributed by atoms with Crippen LogP contribution in [0.15, 0.2) is 0 Å². The van der Waals surface area contributed by atoms with Crippen molar-refractivity contribution in [2.45, 2.75) is 52.4 Å². The standard InChI is InChI=1S/C12H20F2/c1-11(2,12(3,13)14)10-7-8-4-5-9(10)6-8/h8-10H,4-7H2,1-3H3. The molecule has 0 N–H and O–H groups in total. The molecule has 2 rings (SSSR count). The summed E-state index contributed by atoms with van der Waals surface area (Å²) in [4.78, 5) is 0. The van der Waals surface area contributed by atoms with Crippen LogP contribution in [0.5, 0.6) is 0 Å². The number of halogens is 2. The van der Waals surface area contributed by atoms with Crippen molar-refractivity contribution in [2.75, 3.05) is 0 Å². The third-order valence-electron chi connectivity index (χ3n) is 4.80. The summed E-state index contributed by atoms with van der Waals surface area (Å²) in [7, 11) is 0. The zero-order valence-electron chi connectivity index (χ0n) is 9.32. The van der Waals surface area contributed by atoms with Gasteiger partial charge in [-0.15, -0.1) is 0 Å². The number of hydrogen-bond acceptors (Lipinski definition) is 0. The third-order valence-corrected chi connectivity index (χ3v) is 4.80. The Morgan fingerprint density at radius 1 is 1.00 bits per heavy atom. The van der Waals surface area contributed by atoms with E-state index in [0.29, 0.717) is 5.92 Å². The lowest BCUT2D eigenvalue weighted by Crippen LogP contribution is -2.42. The Morgan fingerprint density at radius 3 is 2.00 bits per heavy atom. The number of hydrogen-bond donors (Lipinski definition) is 0. The van der Waals surface area contributed by atoms with E-state index in [1.165, 1.54) is 19.3 Å². The molecule has 0 nitrogen and oxygen atoms in total. The summed E-state index contributed by atoms with van der Waals surface area (Å²) in [5.74, 6) is -0.948. The fourth-order valence-electron chi connectivity index (χ4n) is 3.45. The van der Waals surface area contributed by atoms with Gasteiger partial charge in [0.2, 0.25) is 0 Å². The highest BCUT2D eigenvalue weighted by molar-refractivity contribution is 4.99. The minimum Gasteiger partial charge on any atom is -0.207 e. The zero-order valence-corrected chi connectivity index (χ0v) is 9.32. The van der Waals surface area contributed by atoms with Gasteiger partial charge in [0.05, 0.1) is 0 Å². The molecule has 0 spiro atoms. The molecule has 0 aromatic carbocycles. The van der Waals surface area contributed by atoms with Crippen LogP contribution in [-0.2, 0) is 0 Å². The van der Waals surface area contributed by atoms with Gasteiger partial charge < -0.3 is 0 Å². The highest BCUT2D eigenvalue weighted by Gasteiger charge is 2.54.